The van der Waals surface area contributed by atoms with Crippen LogP contribution in [0.4, 0.5) is 0 Å². The molecule has 1 N–H and O–H groups in total. The first-order chi connectivity index (χ1) is 11.1. The van der Waals surface area contributed by atoms with Crippen LogP contribution in [0.2, 0.25) is 0 Å². The number of hydrogen-bond donors (Lipinski definition) is 1. The van der Waals surface area contributed by atoms with Crippen LogP contribution >= 0.6 is 11.8 Å². The number of carbonyl (C=O) groups excluding carboxylic acids is 2. The van der Waals surface area contributed by atoms with E-state index in [2.05, 4.69) is 15.5 Å². The van der Waals surface area contributed by atoms with E-state index < -0.39 is 0 Å². The van der Waals surface area contributed by atoms with Crippen LogP contribution in [0.5, 0.6) is 0 Å². The van der Waals surface area contributed by atoms with Crippen LogP contribution in [0.1, 0.15) is 45.1 Å². The number of Topliss-reactive ketones (excluding diaryl/α,β-unsaturated/α-hetero) is 1. The van der Waals surface area contributed by atoms with Gasteiger partial charge in [0.05, 0.1) is 11.1 Å². The third-order valence-electron chi connectivity index (χ3n) is 3.76. The lowest BCUT2D eigenvalue weighted by Gasteiger charge is -2.10. The van der Waals surface area contributed by atoms with E-state index in [1.807, 2.05) is 11.6 Å². The molecular weight excluding hydrogens is 316 g/mol. The Morgan fingerprint density at radius 1 is 1.48 bits per heavy atom. The van der Waals surface area contributed by atoms with Gasteiger partial charge in [0.2, 0.25) is 0 Å². The van der Waals surface area contributed by atoms with Gasteiger partial charge in [0.1, 0.15) is 17.8 Å². The van der Waals surface area contributed by atoms with Crippen LogP contribution < -0.4 is 5.32 Å². The molecule has 0 radical (unpaired) electrons. The number of thioether (sulfide) groups is 1. The number of hydrogen-bond acceptors (Lipinski definition) is 6. The first-order valence-electron chi connectivity index (χ1n) is 7.48. The fourth-order valence-corrected chi connectivity index (χ4v) is 3.42. The largest absolute Gasteiger partial charge is 0.465 e. The fourth-order valence-electron chi connectivity index (χ4n) is 2.68. The van der Waals surface area contributed by atoms with E-state index in [4.69, 9.17) is 4.42 Å². The van der Waals surface area contributed by atoms with Gasteiger partial charge in [-0.3, -0.25) is 9.59 Å². The van der Waals surface area contributed by atoms with Crippen molar-refractivity contribution in [2.45, 2.75) is 31.3 Å². The third kappa shape index (κ3) is 3.17. The Balaban J connectivity index is 1.62. The van der Waals surface area contributed by atoms with Crippen molar-refractivity contribution in [1.29, 1.82) is 0 Å². The Bertz CT molecular complexity index is 750. The van der Waals surface area contributed by atoms with Gasteiger partial charge >= 0.3 is 0 Å². The standard InChI is InChI=1S/C15H18N4O3S/c1-9-12(13-10(20)4-3-5-11(13)22-9)14(21)16-6-7-23-15-18-17-8-19(15)2/h8H,3-7H2,1-2H3,(H,16,21). The van der Waals surface area contributed by atoms with E-state index in [1.165, 1.54) is 11.8 Å². The van der Waals surface area contributed by atoms with Crippen LogP contribution in [-0.4, -0.2) is 38.8 Å². The van der Waals surface area contributed by atoms with Crippen LogP contribution in [0.25, 0.3) is 0 Å². The maximum Gasteiger partial charge on any atom is 0.255 e. The molecule has 0 saturated carbocycles. The molecule has 122 valence electrons. The zero-order valence-corrected chi connectivity index (χ0v) is 13.9. The number of ketones is 1. The molecular formula is C15H18N4O3S. The van der Waals surface area contributed by atoms with E-state index in [1.54, 1.807) is 13.3 Å². The number of amides is 1. The zero-order valence-electron chi connectivity index (χ0n) is 13.1. The summed E-state index contributed by atoms with van der Waals surface area (Å²) in [6.07, 6.45) is 3.62. The Hall–Kier alpha value is -2.09. The molecule has 0 fully saturated rings. The van der Waals surface area contributed by atoms with Gasteiger partial charge in [0, 0.05) is 32.2 Å². The SMILES string of the molecule is Cc1oc2c(c1C(=O)NCCSc1nncn1C)C(=O)CCC2. The summed E-state index contributed by atoms with van der Waals surface area (Å²) >= 11 is 1.51. The molecule has 1 aliphatic carbocycles. The summed E-state index contributed by atoms with van der Waals surface area (Å²) < 4.78 is 7.42. The quantitative estimate of drug-likeness (QED) is 0.662. The lowest BCUT2D eigenvalue weighted by atomic mass is 9.93. The van der Waals surface area contributed by atoms with E-state index in [9.17, 15) is 9.59 Å². The molecule has 0 aromatic carbocycles. The highest BCUT2D eigenvalue weighted by atomic mass is 32.2. The molecule has 2 aromatic heterocycles. The van der Waals surface area contributed by atoms with Crippen molar-refractivity contribution in [1.82, 2.24) is 20.1 Å². The van der Waals surface area contributed by atoms with Gasteiger partial charge in [-0.25, -0.2) is 0 Å². The Labute approximate surface area is 137 Å². The maximum atomic E-state index is 12.4. The topological polar surface area (TPSA) is 90.0 Å². The van der Waals surface area contributed by atoms with Crippen LogP contribution in [0, 0.1) is 6.92 Å². The van der Waals surface area contributed by atoms with Gasteiger partial charge in [0.25, 0.3) is 5.91 Å². The summed E-state index contributed by atoms with van der Waals surface area (Å²) in [5.41, 5.74) is 0.876. The summed E-state index contributed by atoms with van der Waals surface area (Å²) in [4.78, 5) is 24.5. The molecule has 3 rings (SSSR count). The van der Waals surface area contributed by atoms with Crippen LogP contribution in [0.15, 0.2) is 15.9 Å². The van der Waals surface area contributed by atoms with Gasteiger partial charge in [0.15, 0.2) is 10.9 Å². The van der Waals surface area contributed by atoms with Gasteiger partial charge < -0.3 is 14.3 Å². The zero-order chi connectivity index (χ0) is 16.4. The van der Waals surface area contributed by atoms with Crippen molar-refractivity contribution in [2.75, 3.05) is 12.3 Å². The molecule has 0 atom stereocenters. The Morgan fingerprint density at radius 3 is 3.04 bits per heavy atom. The van der Waals surface area contributed by atoms with Crippen molar-refractivity contribution in [3.63, 3.8) is 0 Å². The number of fused-ring (bicyclic) bond motifs is 1. The molecule has 2 heterocycles. The second-order valence-electron chi connectivity index (χ2n) is 5.44. The van der Waals surface area contributed by atoms with Crippen molar-refractivity contribution in [2.24, 2.45) is 7.05 Å². The smallest absolute Gasteiger partial charge is 0.255 e. The number of rotatable bonds is 5. The number of nitrogens with zero attached hydrogens (tertiary/aromatic N) is 3. The molecule has 0 bridgehead atoms. The third-order valence-corrected chi connectivity index (χ3v) is 4.80. The number of furan rings is 1. The predicted octanol–water partition coefficient (Wildman–Crippen LogP) is 1.76. The lowest BCUT2D eigenvalue weighted by Crippen LogP contribution is -2.28. The minimum atomic E-state index is -0.249. The number of aromatic nitrogens is 3. The molecule has 0 saturated heterocycles. The minimum absolute atomic E-state index is 0.00158. The summed E-state index contributed by atoms with van der Waals surface area (Å²) in [5.74, 6) is 1.59. The van der Waals surface area contributed by atoms with Gasteiger partial charge in [-0.15, -0.1) is 10.2 Å². The number of carbonyl (C=O) groups is 2. The molecule has 1 amide bonds. The van der Waals surface area contributed by atoms with Gasteiger partial charge in [-0.2, -0.15) is 0 Å². The van der Waals surface area contributed by atoms with E-state index >= 15 is 0 Å². The van der Waals surface area contributed by atoms with Gasteiger partial charge in [-0.1, -0.05) is 11.8 Å². The Kier molecular flexibility index (Phi) is 4.51. The summed E-state index contributed by atoms with van der Waals surface area (Å²) in [5, 5.41) is 11.4. The second-order valence-corrected chi connectivity index (χ2v) is 6.50. The molecule has 7 nitrogen and oxygen atoms in total. The highest BCUT2D eigenvalue weighted by Crippen LogP contribution is 2.29. The first-order valence-corrected chi connectivity index (χ1v) is 8.47. The number of aryl methyl sites for hydroxylation is 3. The predicted molar refractivity (Wildman–Crippen MR) is 84.8 cm³/mol. The van der Waals surface area contributed by atoms with E-state index in [0.717, 1.165) is 18.0 Å². The molecule has 1 aliphatic rings. The number of nitrogens with one attached hydrogen (secondary N) is 1. The molecule has 0 aliphatic heterocycles. The van der Waals surface area contributed by atoms with Crippen molar-refractivity contribution >= 4 is 23.5 Å². The average molecular weight is 334 g/mol. The maximum absolute atomic E-state index is 12.4. The minimum Gasteiger partial charge on any atom is -0.465 e. The highest BCUT2D eigenvalue weighted by Gasteiger charge is 2.30. The van der Waals surface area contributed by atoms with Crippen molar-refractivity contribution in [3.8, 4) is 0 Å². The monoisotopic (exact) mass is 334 g/mol. The normalized spacial score (nSPS) is 13.9. The first kappa shape index (κ1) is 15.8. The summed E-state index contributed by atoms with van der Waals surface area (Å²) in [6, 6.07) is 0. The van der Waals surface area contributed by atoms with Crippen molar-refractivity contribution < 1.29 is 14.0 Å². The van der Waals surface area contributed by atoms with Crippen LogP contribution in [-0.2, 0) is 13.5 Å². The van der Waals surface area contributed by atoms with Gasteiger partial charge in [-0.05, 0) is 13.3 Å². The van der Waals surface area contributed by atoms with Crippen LogP contribution in [0.3, 0.4) is 0 Å². The average Bonchev–Trinajstić information content (AvgIpc) is 3.07. The molecule has 0 spiro atoms. The molecule has 0 unspecified atom stereocenters. The van der Waals surface area contributed by atoms with E-state index in [0.29, 0.717) is 41.4 Å². The summed E-state index contributed by atoms with van der Waals surface area (Å²) in [6.45, 7) is 2.21. The molecule has 23 heavy (non-hydrogen) atoms. The molecule has 8 heteroatoms. The Morgan fingerprint density at radius 2 is 2.30 bits per heavy atom. The second kappa shape index (κ2) is 6.57. The summed E-state index contributed by atoms with van der Waals surface area (Å²) in [7, 11) is 1.87. The molecule has 2 aromatic rings. The van der Waals surface area contributed by atoms with Crippen molar-refractivity contribution in [3.05, 3.63) is 29.0 Å². The van der Waals surface area contributed by atoms with E-state index in [-0.39, 0.29) is 11.7 Å². The fraction of sp³-hybridized carbons (Fsp3) is 0.467. The highest BCUT2D eigenvalue weighted by molar-refractivity contribution is 7.99. The lowest BCUT2D eigenvalue weighted by molar-refractivity contribution is 0.0929.